The summed E-state index contributed by atoms with van der Waals surface area (Å²) >= 11 is 0. The third-order valence-corrected chi connectivity index (χ3v) is 3.78. The summed E-state index contributed by atoms with van der Waals surface area (Å²) in [7, 11) is 0. The second-order valence-electron chi connectivity index (χ2n) is 5.27. The van der Waals surface area contributed by atoms with Crippen molar-refractivity contribution in [2.24, 2.45) is 5.73 Å². The average Bonchev–Trinajstić information content (AvgIpc) is 2.48. The van der Waals surface area contributed by atoms with Gasteiger partial charge in [0.2, 0.25) is 11.8 Å². The number of carbonyl (C=O) groups is 2. The number of amides is 2. The zero-order chi connectivity index (χ0) is 14.5. The molecule has 1 fully saturated rings. The Labute approximate surface area is 118 Å². The molecule has 0 radical (unpaired) electrons. The first kappa shape index (κ1) is 14.5. The van der Waals surface area contributed by atoms with Gasteiger partial charge in [0.15, 0.2) is 0 Å². The SMILES string of the molecule is C[C@H](NC(=O)[C@H]1C[C@@H](c2ccccc2)CCN1)C(N)=O. The van der Waals surface area contributed by atoms with Crippen LogP contribution in [0.15, 0.2) is 30.3 Å². The van der Waals surface area contributed by atoms with Gasteiger partial charge in [-0.25, -0.2) is 0 Å². The molecule has 0 aromatic heterocycles. The maximum absolute atomic E-state index is 12.1. The van der Waals surface area contributed by atoms with Gasteiger partial charge in [-0.05, 0) is 37.8 Å². The lowest BCUT2D eigenvalue weighted by atomic mass is 9.86. The number of benzene rings is 1. The molecule has 4 N–H and O–H groups in total. The van der Waals surface area contributed by atoms with Gasteiger partial charge in [0.05, 0.1) is 6.04 Å². The molecule has 2 rings (SSSR count). The summed E-state index contributed by atoms with van der Waals surface area (Å²) in [5.41, 5.74) is 6.42. The normalized spacial score (nSPS) is 23.9. The minimum Gasteiger partial charge on any atom is -0.368 e. The molecule has 3 atom stereocenters. The van der Waals surface area contributed by atoms with Crippen LogP contribution >= 0.6 is 0 Å². The predicted molar refractivity (Wildman–Crippen MR) is 77.0 cm³/mol. The minimum atomic E-state index is -0.638. The number of piperidine rings is 1. The van der Waals surface area contributed by atoms with Gasteiger partial charge in [-0.2, -0.15) is 0 Å². The number of primary amides is 1. The molecule has 0 saturated carbocycles. The molecule has 1 saturated heterocycles. The number of carbonyl (C=O) groups excluding carboxylic acids is 2. The molecule has 1 aliphatic rings. The maximum Gasteiger partial charge on any atom is 0.239 e. The third-order valence-electron chi connectivity index (χ3n) is 3.78. The van der Waals surface area contributed by atoms with Crippen LogP contribution in [0.2, 0.25) is 0 Å². The Balaban J connectivity index is 1.97. The van der Waals surface area contributed by atoms with Crippen molar-refractivity contribution in [2.45, 2.75) is 37.8 Å². The Kier molecular flexibility index (Phi) is 4.74. The number of nitrogens with one attached hydrogen (secondary N) is 2. The standard InChI is InChI=1S/C15H21N3O2/c1-10(14(16)19)18-15(20)13-9-12(7-8-17-13)11-5-3-2-4-6-11/h2-6,10,12-13,17H,7-9H2,1H3,(H2,16,19)(H,18,20)/t10-,12-,13+/m0/s1. The number of hydrogen-bond donors (Lipinski definition) is 3. The van der Waals surface area contributed by atoms with Gasteiger partial charge in [-0.3, -0.25) is 9.59 Å². The van der Waals surface area contributed by atoms with E-state index < -0.39 is 11.9 Å². The molecular weight excluding hydrogens is 254 g/mol. The van der Waals surface area contributed by atoms with Crippen molar-refractivity contribution in [3.05, 3.63) is 35.9 Å². The van der Waals surface area contributed by atoms with E-state index in [0.29, 0.717) is 5.92 Å². The zero-order valence-electron chi connectivity index (χ0n) is 11.6. The van der Waals surface area contributed by atoms with Crippen LogP contribution in [-0.4, -0.2) is 30.4 Å². The van der Waals surface area contributed by atoms with Crippen LogP contribution in [0.4, 0.5) is 0 Å². The third kappa shape index (κ3) is 3.57. The first-order chi connectivity index (χ1) is 9.58. The lowest BCUT2D eigenvalue weighted by Crippen LogP contribution is -2.52. The molecule has 5 heteroatoms. The summed E-state index contributed by atoms with van der Waals surface area (Å²) in [5, 5.41) is 5.84. The fraction of sp³-hybridized carbons (Fsp3) is 0.467. The van der Waals surface area contributed by atoms with Gasteiger partial charge < -0.3 is 16.4 Å². The Morgan fingerprint density at radius 1 is 1.35 bits per heavy atom. The van der Waals surface area contributed by atoms with E-state index in [0.717, 1.165) is 19.4 Å². The van der Waals surface area contributed by atoms with E-state index in [4.69, 9.17) is 5.73 Å². The smallest absolute Gasteiger partial charge is 0.239 e. The first-order valence-corrected chi connectivity index (χ1v) is 6.96. The van der Waals surface area contributed by atoms with Crippen LogP contribution in [0.5, 0.6) is 0 Å². The van der Waals surface area contributed by atoms with Crippen LogP contribution in [-0.2, 0) is 9.59 Å². The molecule has 20 heavy (non-hydrogen) atoms. The van der Waals surface area contributed by atoms with Crippen molar-refractivity contribution in [3.63, 3.8) is 0 Å². The van der Waals surface area contributed by atoms with E-state index in [2.05, 4.69) is 22.8 Å². The maximum atomic E-state index is 12.1. The van der Waals surface area contributed by atoms with Crippen LogP contribution < -0.4 is 16.4 Å². The highest BCUT2D eigenvalue weighted by Crippen LogP contribution is 2.27. The summed E-state index contributed by atoms with van der Waals surface area (Å²) in [5.74, 6) is -0.303. The molecule has 0 aliphatic carbocycles. The Hall–Kier alpha value is -1.88. The van der Waals surface area contributed by atoms with Crippen molar-refractivity contribution in [3.8, 4) is 0 Å². The second-order valence-corrected chi connectivity index (χ2v) is 5.27. The van der Waals surface area contributed by atoms with E-state index in [-0.39, 0.29) is 11.9 Å². The lowest BCUT2D eigenvalue weighted by Gasteiger charge is -2.30. The van der Waals surface area contributed by atoms with E-state index >= 15 is 0 Å². The van der Waals surface area contributed by atoms with Gasteiger partial charge in [-0.1, -0.05) is 30.3 Å². The zero-order valence-corrected chi connectivity index (χ0v) is 11.6. The molecular formula is C15H21N3O2. The van der Waals surface area contributed by atoms with Gasteiger partial charge in [0.25, 0.3) is 0 Å². The minimum absolute atomic E-state index is 0.156. The Morgan fingerprint density at radius 2 is 2.05 bits per heavy atom. The Morgan fingerprint density at radius 3 is 2.70 bits per heavy atom. The van der Waals surface area contributed by atoms with Gasteiger partial charge in [-0.15, -0.1) is 0 Å². The Bertz CT molecular complexity index is 475. The topological polar surface area (TPSA) is 84.2 Å². The summed E-state index contributed by atoms with van der Waals surface area (Å²) < 4.78 is 0. The van der Waals surface area contributed by atoms with Crippen molar-refractivity contribution < 1.29 is 9.59 Å². The van der Waals surface area contributed by atoms with Crippen molar-refractivity contribution in [1.29, 1.82) is 0 Å². The van der Waals surface area contributed by atoms with Gasteiger partial charge in [0, 0.05) is 0 Å². The van der Waals surface area contributed by atoms with E-state index in [1.165, 1.54) is 5.56 Å². The fourth-order valence-corrected chi connectivity index (χ4v) is 2.53. The number of rotatable bonds is 4. The van der Waals surface area contributed by atoms with Crippen LogP contribution in [0.1, 0.15) is 31.2 Å². The molecule has 1 aromatic rings. The van der Waals surface area contributed by atoms with E-state index in [1.807, 2.05) is 18.2 Å². The van der Waals surface area contributed by atoms with Crippen LogP contribution in [0.25, 0.3) is 0 Å². The van der Waals surface area contributed by atoms with E-state index in [1.54, 1.807) is 6.92 Å². The summed E-state index contributed by atoms with van der Waals surface area (Å²) in [6, 6.07) is 9.30. The highest BCUT2D eigenvalue weighted by Gasteiger charge is 2.28. The first-order valence-electron chi connectivity index (χ1n) is 6.96. The average molecular weight is 275 g/mol. The van der Waals surface area contributed by atoms with Crippen LogP contribution in [0.3, 0.4) is 0 Å². The number of hydrogen-bond acceptors (Lipinski definition) is 3. The van der Waals surface area contributed by atoms with Gasteiger partial charge >= 0.3 is 0 Å². The van der Waals surface area contributed by atoms with Crippen molar-refractivity contribution in [2.75, 3.05) is 6.54 Å². The number of nitrogens with two attached hydrogens (primary N) is 1. The van der Waals surface area contributed by atoms with Crippen LogP contribution in [0, 0.1) is 0 Å². The lowest BCUT2D eigenvalue weighted by molar-refractivity contribution is -0.128. The molecule has 1 aromatic carbocycles. The van der Waals surface area contributed by atoms with E-state index in [9.17, 15) is 9.59 Å². The highest BCUT2D eigenvalue weighted by atomic mass is 16.2. The molecule has 1 aliphatic heterocycles. The quantitative estimate of drug-likeness (QED) is 0.748. The molecule has 108 valence electrons. The molecule has 0 unspecified atom stereocenters. The summed E-state index contributed by atoms with van der Waals surface area (Å²) in [6.07, 6.45) is 1.75. The largest absolute Gasteiger partial charge is 0.368 e. The molecule has 0 bridgehead atoms. The molecule has 0 spiro atoms. The molecule has 2 amide bonds. The highest BCUT2D eigenvalue weighted by molar-refractivity contribution is 5.88. The summed E-state index contributed by atoms with van der Waals surface area (Å²) in [4.78, 5) is 23.1. The van der Waals surface area contributed by atoms with Crippen molar-refractivity contribution in [1.82, 2.24) is 10.6 Å². The summed E-state index contributed by atoms with van der Waals surface area (Å²) in [6.45, 7) is 2.39. The molecule has 1 heterocycles. The monoisotopic (exact) mass is 275 g/mol. The predicted octanol–water partition coefficient (Wildman–Crippen LogP) is 0.512. The van der Waals surface area contributed by atoms with Crippen molar-refractivity contribution >= 4 is 11.8 Å². The van der Waals surface area contributed by atoms with Gasteiger partial charge in [0.1, 0.15) is 6.04 Å². The fourth-order valence-electron chi connectivity index (χ4n) is 2.53. The molecule has 5 nitrogen and oxygen atoms in total. The second kappa shape index (κ2) is 6.52.